The Labute approximate surface area is 107 Å². The van der Waals surface area contributed by atoms with Crippen LogP contribution in [0.2, 0.25) is 0 Å². The molecule has 0 bridgehead atoms. The van der Waals surface area contributed by atoms with E-state index < -0.39 is 0 Å². The Morgan fingerprint density at radius 3 is 2.78 bits per heavy atom. The minimum atomic E-state index is 0.0494. The first-order valence-electron chi connectivity index (χ1n) is 5.99. The first-order valence-corrected chi connectivity index (χ1v) is 5.99. The molecular formula is C14H16N4. The third-order valence-electron chi connectivity index (χ3n) is 2.71. The quantitative estimate of drug-likeness (QED) is 0.871. The predicted octanol–water partition coefficient (Wildman–Crippen LogP) is 2.12. The fourth-order valence-corrected chi connectivity index (χ4v) is 1.67. The summed E-state index contributed by atoms with van der Waals surface area (Å²) in [7, 11) is 0. The fraction of sp³-hybridized carbons (Fsp3) is 0.286. The first-order chi connectivity index (χ1) is 8.79. The number of hydrogen-bond donors (Lipinski definition) is 1. The lowest BCUT2D eigenvalue weighted by molar-refractivity contribution is 0.601. The molecule has 4 nitrogen and oxygen atoms in total. The van der Waals surface area contributed by atoms with Crippen LogP contribution in [0.3, 0.4) is 0 Å². The van der Waals surface area contributed by atoms with Crippen LogP contribution in [0.1, 0.15) is 12.5 Å². The summed E-state index contributed by atoms with van der Waals surface area (Å²) in [6.45, 7) is 3.41. The van der Waals surface area contributed by atoms with Crippen molar-refractivity contribution in [1.82, 2.24) is 15.1 Å². The molecule has 1 atom stereocenters. The molecule has 0 radical (unpaired) electrons. The van der Waals surface area contributed by atoms with Gasteiger partial charge in [0.2, 0.25) is 0 Å². The number of nitriles is 1. The van der Waals surface area contributed by atoms with Gasteiger partial charge in [-0.05, 0) is 30.7 Å². The molecule has 2 aromatic rings. The number of nitrogens with zero attached hydrogens (tertiary/aromatic N) is 3. The summed E-state index contributed by atoms with van der Waals surface area (Å²) in [6, 6.07) is 12.3. The summed E-state index contributed by atoms with van der Waals surface area (Å²) in [5, 5.41) is 16.1. The summed E-state index contributed by atoms with van der Waals surface area (Å²) in [5.74, 6) is 0.0494. The normalized spacial score (nSPS) is 12.0. The molecule has 18 heavy (non-hydrogen) atoms. The molecule has 1 heterocycles. The van der Waals surface area contributed by atoms with E-state index in [4.69, 9.17) is 5.26 Å². The average Bonchev–Trinajstić information content (AvgIpc) is 2.93. The second-order valence-electron chi connectivity index (χ2n) is 4.28. The van der Waals surface area contributed by atoms with Crippen molar-refractivity contribution in [2.75, 3.05) is 6.54 Å². The van der Waals surface area contributed by atoms with Crippen LogP contribution in [-0.4, -0.2) is 16.3 Å². The standard InChI is InChI=1S/C14H16N4/c1-12(9-15)10-16-11-13-3-5-14(6-4-13)18-8-2-7-17-18/h2-8,12,16H,10-11H2,1H3. The van der Waals surface area contributed by atoms with Crippen LogP contribution in [0.5, 0.6) is 0 Å². The van der Waals surface area contributed by atoms with Gasteiger partial charge in [-0.2, -0.15) is 10.4 Å². The SMILES string of the molecule is CC(C#N)CNCc1ccc(-n2cccn2)cc1. The van der Waals surface area contributed by atoms with Crippen molar-refractivity contribution in [1.29, 1.82) is 5.26 Å². The highest BCUT2D eigenvalue weighted by molar-refractivity contribution is 5.33. The van der Waals surface area contributed by atoms with Crippen LogP contribution in [-0.2, 0) is 6.54 Å². The van der Waals surface area contributed by atoms with Crippen molar-refractivity contribution >= 4 is 0 Å². The second-order valence-corrected chi connectivity index (χ2v) is 4.28. The second kappa shape index (κ2) is 5.99. The van der Waals surface area contributed by atoms with Gasteiger partial charge < -0.3 is 5.32 Å². The van der Waals surface area contributed by atoms with Crippen LogP contribution in [0, 0.1) is 17.2 Å². The van der Waals surface area contributed by atoms with Gasteiger partial charge in [0.05, 0.1) is 17.7 Å². The van der Waals surface area contributed by atoms with Crippen molar-refractivity contribution in [3.63, 3.8) is 0 Å². The summed E-state index contributed by atoms with van der Waals surface area (Å²) in [6.07, 6.45) is 3.68. The van der Waals surface area contributed by atoms with E-state index in [-0.39, 0.29) is 5.92 Å². The summed E-state index contributed by atoms with van der Waals surface area (Å²) in [4.78, 5) is 0. The molecule has 0 saturated carbocycles. The van der Waals surface area contributed by atoms with Crippen LogP contribution in [0.15, 0.2) is 42.7 Å². The Kier molecular flexibility index (Phi) is 4.11. The number of rotatable bonds is 5. The highest BCUT2D eigenvalue weighted by atomic mass is 15.3. The van der Waals surface area contributed by atoms with Crippen LogP contribution in [0.25, 0.3) is 5.69 Å². The van der Waals surface area contributed by atoms with Crippen LogP contribution in [0.4, 0.5) is 0 Å². The Bertz CT molecular complexity index is 508. The van der Waals surface area contributed by atoms with E-state index in [1.165, 1.54) is 5.56 Å². The molecule has 0 saturated heterocycles. The number of hydrogen-bond acceptors (Lipinski definition) is 3. The maximum atomic E-state index is 8.67. The Morgan fingerprint density at radius 2 is 2.17 bits per heavy atom. The lowest BCUT2D eigenvalue weighted by Crippen LogP contribution is -2.19. The smallest absolute Gasteiger partial charge is 0.0666 e. The zero-order valence-electron chi connectivity index (χ0n) is 10.4. The summed E-state index contributed by atoms with van der Waals surface area (Å²) in [5.41, 5.74) is 2.25. The van der Waals surface area contributed by atoms with E-state index in [0.717, 1.165) is 18.8 Å². The van der Waals surface area contributed by atoms with Crippen molar-refractivity contribution in [3.8, 4) is 11.8 Å². The Balaban J connectivity index is 1.91. The molecular weight excluding hydrogens is 224 g/mol. The van der Waals surface area contributed by atoms with Gasteiger partial charge in [0, 0.05) is 25.5 Å². The first kappa shape index (κ1) is 12.3. The van der Waals surface area contributed by atoms with E-state index in [1.807, 2.05) is 36.0 Å². The fourth-order valence-electron chi connectivity index (χ4n) is 1.67. The van der Waals surface area contributed by atoms with Gasteiger partial charge in [-0.3, -0.25) is 0 Å². The predicted molar refractivity (Wildman–Crippen MR) is 70.0 cm³/mol. The highest BCUT2D eigenvalue weighted by Gasteiger charge is 2.00. The molecule has 92 valence electrons. The van der Waals surface area contributed by atoms with Crippen molar-refractivity contribution in [2.24, 2.45) is 5.92 Å². The van der Waals surface area contributed by atoms with E-state index >= 15 is 0 Å². The highest BCUT2D eigenvalue weighted by Crippen LogP contribution is 2.08. The molecule has 0 amide bonds. The average molecular weight is 240 g/mol. The molecule has 0 aliphatic rings. The van der Waals surface area contributed by atoms with Crippen molar-refractivity contribution in [2.45, 2.75) is 13.5 Å². The van der Waals surface area contributed by atoms with Gasteiger partial charge in [0.15, 0.2) is 0 Å². The minimum absolute atomic E-state index is 0.0494. The number of aromatic nitrogens is 2. The van der Waals surface area contributed by atoms with E-state index in [9.17, 15) is 0 Å². The molecule has 1 aromatic heterocycles. The van der Waals surface area contributed by atoms with Gasteiger partial charge in [-0.15, -0.1) is 0 Å². The third-order valence-corrected chi connectivity index (χ3v) is 2.71. The minimum Gasteiger partial charge on any atom is -0.311 e. The topological polar surface area (TPSA) is 53.6 Å². The zero-order chi connectivity index (χ0) is 12.8. The monoisotopic (exact) mass is 240 g/mol. The third kappa shape index (κ3) is 3.19. The van der Waals surface area contributed by atoms with E-state index in [1.54, 1.807) is 6.20 Å². The largest absolute Gasteiger partial charge is 0.311 e. The lowest BCUT2D eigenvalue weighted by Gasteiger charge is -2.07. The summed E-state index contributed by atoms with van der Waals surface area (Å²) >= 11 is 0. The summed E-state index contributed by atoms with van der Waals surface area (Å²) < 4.78 is 1.83. The molecule has 0 aliphatic heterocycles. The Hall–Kier alpha value is -2.12. The molecule has 1 aromatic carbocycles. The molecule has 0 fully saturated rings. The van der Waals surface area contributed by atoms with Crippen LogP contribution >= 0.6 is 0 Å². The van der Waals surface area contributed by atoms with Crippen molar-refractivity contribution < 1.29 is 0 Å². The lowest BCUT2D eigenvalue weighted by atomic mass is 10.2. The molecule has 2 rings (SSSR count). The zero-order valence-corrected chi connectivity index (χ0v) is 10.4. The number of benzene rings is 1. The maximum Gasteiger partial charge on any atom is 0.0666 e. The van der Waals surface area contributed by atoms with Gasteiger partial charge >= 0.3 is 0 Å². The van der Waals surface area contributed by atoms with Crippen molar-refractivity contribution in [3.05, 3.63) is 48.3 Å². The molecule has 1 N–H and O–H groups in total. The van der Waals surface area contributed by atoms with Gasteiger partial charge in [0.1, 0.15) is 0 Å². The van der Waals surface area contributed by atoms with Gasteiger partial charge in [0.25, 0.3) is 0 Å². The van der Waals surface area contributed by atoms with Gasteiger partial charge in [-0.1, -0.05) is 12.1 Å². The van der Waals surface area contributed by atoms with Gasteiger partial charge in [-0.25, -0.2) is 4.68 Å². The Morgan fingerprint density at radius 1 is 1.39 bits per heavy atom. The van der Waals surface area contributed by atoms with E-state index in [2.05, 4.69) is 28.6 Å². The molecule has 0 spiro atoms. The van der Waals surface area contributed by atoms with Crippen LogP contribution < -0.4 is 5.32 Å². The number of nitrogens with one attached hydrogen (secondary N) is 1. The molecule has 4 heteroatoms. The maximum absolute atomic E-state index is 8.67. The van der Waals surface area contributed by atoms with E-state index in [0.29, 0.717) is 0 Å². The molecule has 0 aliphatic carbocycles. The molecule has 1 unspecified atom stereocenters.